The predicted molar refractivity (Wildman–Crippen MR) is 89.2 cm³/mol. The van der Waals surface area contributed by atoms with E-state index in [0.29, 0.717) is 6.10 Å². The van der Waals surface area contributed by atoms with Crippen molar-refractivity contribution in [2.24, 2.45) is 0 Å². The zero-order valence-electron chi connectivity index (χ0n) is 13.7. The van der Waals surface area contributed by atoms with Crippen molar-refractivity contribution in [2.45, 2.75) is 103 Å². The molecule has 0 saturated carbocycles. The zero-order chi connectivity index (χ0) is 14.3. The van der Waals surface area contributed by atoms with Gasteiger partial charge in [-0.25, -0.2) is 0 Å². The van der Waals surface area contributed by atoms with E-state index in [1.54, 1.807) is 0 Å². The largest absolute Gasteiger partial charge is 0.373 e. The van der Waals surface area contributed by atoms with E-state index in [2.05, 4.69) is 19.1 Å². The Morgan fingerprint density at radius 3 is 1.80 bits per heavy atom. The summed E-state index contributed by atoms with van der Waals surface area (Å²) in [6, 6.07) is 0. The maximum Gasteiger partial charge on any atom is 0.0810 e. The molecule has 0 radical (unpaired) electrons. The lowest BCUT2D eigenvalue weighted by molar-refractivity contribution is 0.387. The van der Waals surface area contributed by atoms with Gasteiger partial charge in [0.15, 0.2) is 0 Å². The second kappa shape index (κ2) is 13.7. The van der Waals surface area contributed by atoms with Crippen LogP contribution >= 0.6 is 0 Å². The molecule has 1 unspecified atom stereocenters. The highest BCUT2D eigenvalue weighted by Crippen LogP contribution is 2.18. The van der Waals surface area contributed by atoms with Crippen molar-refractivity contribution in [3.63, 3.8) is 0 Å². The van der Waals surface area contributed by atoms with Crippen molar-refractivity contribution in [1.29, 1.82) is 0 Å². The molecular formula is C19H36O. The molecule has 118 valence electrons. The van der Waals surface area contributed by atoms with E-state index in [-0.39, 0.29) is 0 Å². The normalized spacial score (nSPS) is 17.9. The molecule has 1 saturated heterocycles. The number of epoxide rings is 1. The summed E-state index contributed by atoms with van der Waals surface area (Å²) in [6.45, 7) is 3.31. The van der Waals surface area contributed by atoms with Crippen LogP contribution in [-0.4, -0.2) is 12.7 Å². The van der Waals surface area contributed by atoms with Crippen molar-refractivity contribution in [3.05, 3.63) is 12.2 Å². The Morgan fingerprint density at radius 1 is 0.750 bits per heavy atom. The van der Waals surface area contributed by atoms with Crippen LogP contribution in [0, 0.1) is 0 Å². The van der Waals surface area contributed by atoms with Crippen LogP contribution in [0.25, 0.3) is 0 Å². The van der Waals surface area contributed by atoms with Crippen molar-refractivity contribution in [3.8, 4) is 0 Å². The first-order chi connectivity index (χ1) is 9.93. The number of rotatable bonds is 15. The summed E-state index contributed by atoms with van der Waals surface area (Å²) < 4.78 is 5.22. The Bertz CT molecular complexity index is 218. The topological polar surface area (TPSA) is 12.5 Å². The van der Waals surface area contributed by atoms with E-state index in [9.17, 15) is 0 Å². The number of hydrogen-bond acceptors (Lipinski definition) is 1. The molecule has 1 rings (SSSR count). The van der Waals surface area contributed by atoms with Crippen molar-refractivity contribution < 1.29 is 4.74 Å². The molecule has 0 bridgehead atoms. The molecule has 1 aliphatic rings. The van der Waals surface area contributed by atoms with Crippen LogP contribution in [-0.2, 0) is 4.74 Å². The summed E-state index contributed by atoms with van der Waals surface area (Å²) in [4.78, 5) is 0. The summed E-state index contributed by atoms with van der Waals surface area (Å²) in [5, 5.41) is 0. The lowest BCUT2D eigenvalue weighted by Crippen LogP contribution is -1.85. The molecule has 0 N–H and O–H groups in total. The maximum atomic E-state index is 5.22. The minimum Gasteiger partial charge on any atom is -0.373 e. The van der Waals surface area contributed by atoms with Crippen molar-refractivity contribution >= 4 is 0 Å². The number of allylic oxidation sites excluding steroid dienone is 2. The first-order valence-electron chi connectivity index (χ1n) is 9.20. The number of unbranched alkanes of at least 4 members (excludes halogenated alkanes) is 11. The Balaban J connectivity index is 1.67. The minimum absolute atomic E-state index is 0.639. The van der Waals surface area contributed by atoms with Gasteiger partial charge in [-0.1, -0.05) is 76.9 Å². The standard InChI is InChI=1S/C19H36O/c1-2-3-4-5-6-7-8-9-10-11-12-13-14-15-16-17-19-18-20-19/h9-10,19H,2-8,11-18H2,1H3. The van der Waals surface area contributed by atoms with Gasteiger partial charge in [-0.2, -0.15) is 0 Å². The summed E-state index contributed by atoms with van der Waals surface area (Å²) in [6.07, 6.45) is 24.8. The van der Waals surface area contributed by atoms with Crippen LogP contribution in [0.1, 0.15) is 96.8 Å². The minimum atomic E-state index is 0.639. The molecule has 1 aliphatic heterocycles. The van der Waals surface area contributed by atoms with Crippen LogP contribution in [0.15, 0.2) is 12.2 Å². The van der Waals surface area contributed by atoms with Gasteiger partial charge in [-0.05, 0) is 32.1 Å². The number of hydrogen-bond donors (Lipinski definition) is 0. The molecule has 1 heterocycles. The molecule has 0 aromatic heterocycles. The predicted octanol–water partition coefficient (Wildman–Crippen LogP) is 6.42. The van der Waals surface area contributed by atoms with Gasteiger partial charge < -0.3 is 4.74 Å². The molecule has 0 spiro atoms. The molecule has 0 amide bonds. The van der Waals surface area contributed by atoms with Gasteiger partial charge in [0.05, 0.1) is 12.7 Å². The van der Waals surface area contributed by atoms with Gasteiger partial charge in [-0.3, -0.25) is 0 Å². The zero-order valence-corrected chi connectivity index (χ0v) is 13.7. The molecule has 0 aromatic carbocycles. The highest BCUT2D eigenvalue weighted by atomic mass is 16.6. The van der Waals surface area contributed by atoms with Gasteiger partial charge in [0.25, 0.3) is 0 Å². The van der Waals surface area contributed by atoms with E-state index >= 15 is 0 Å². The lowest BCUT2D eigenvalue weighted by atomic mass is 10.1. The molecular weight excluding hydrogens is 244 g/mol. The lowest BCUT2D eigenvalue weighted by Gasteiger charge is -1.99. The van der Waals surface area contributed by atoms with Gasteiger partial charge in [0.2, 0.25) is 0 Å². The third-order valence-electron chi connectivity index (χ3n) is 4.19. The van der Waals surface area contributed by atoms with Gasteiger partial charge >= 0.3 is 0 Å². The van der Waals surface area contributed by atoms with Crippen LogP contribution in [0.5, 0.6) is 0 Å². The molecule has 0 aliphatic carbocycles. The highest BCUT2D eigenvalue weighted by Gasteiger charge is 2.20. The maximum absolute atomic E-state index is 5.22. The SMILES string of the molecule is CCCCCCCCC=CCCCCCCCC1CO1. The fourth-order valence-corrected chi connectivity index (χ4v) is 2.68. The van der Waals surface area contributed by atoms with E-state index in [1.165, 1.54) is 89.9 Å². The Kier molecular flexibility index (Phi) is 12.1. The molecule has 20 heavy (non-hydrogen) atoms. The van der Waals surface area contributed by atoms with Gasteiger partial charge in [0, 0.05) is 0 Å². The average molecular weight is 280 g/mol. The fourth-order valence-electron chi connectivity index (χ4n) is 2.68. The van der Waals surface area contributed by atoms with Crippen LogP contribution in [0.4, 0.5) is 0 Å². The first-order valence-corrected chi connectivity index (χ1v) is 9.20. The molecule has 0 aromatic rings. The summed E-state index contributed by atoms with van der Waals surface area (Å²) >= 11 is 0. The molecule has 1 atom stereocenters. The smallest absolute Gasteiger partial charge is 0.0810 e. The molecule has 1 heteroatoms. The third-order valence-corrected chi connectivity index (χ3v) is 4.19. The second-order valence-electron chi connectivity index (χ2n) is 6.33. The van der Waals surface area contributed by atoms with Gasteiger partial charge in [0.1, 0.15) is 0 Å². The van der Waals surface area contributed by atoms with E-state index in [0.717, 1.165) is 6.61 Å². The summed E-state index contributed by atoms with van der Waals surface area (Å²) in [5.74, 6) is 0. The Hall–Kier alpha value is -0.300. The van der Waals surface area contributed by atoms with Crippen LogP contribution < -0.4 is 0 Å². The Labute approximate surface area is 127 Å². The monoisotopic (exact) mass is 280 g/mol. The number of ether oxygens (including phenoxy) is 1. The summed E-state index contributed by atoms with van der Waals surface area (Å²) in [7, 11) is 0. The fraction of sp³-hybridized carbons (Fsp3) is 0.895. The molecule has 1 fully saturated rings. The molecule has 1 nitrogen and oxygen atoms in total. The van der Waals surface area contributed by atoms with Crippen LogP contribution in [0.3, 0.4) is 0 Å². The Morgan fingerprint density at radius 2 is 1.25 bits per heavy atom. The average Bonchev–Trinajstić information content (AvgIpc) is 3.27. The van der Waals surface area contributed by atoms with Crippen molar-refractivity contribution in [1.82, 2.24) is 0 Å². The van der Waals surface area contributed by atoms with E-state index < -0.39 is 0 Å². The van der Waals surface area contributed by atoms with Crippen molar-refractivity contribution in [2.75, 3.05) is 6.61 Å². The highest BCUT2D eigenvalue weighted by molar-refractivity contribution is 4.81. The second-order valence-corrected chi connectivity index (χ2v) is 6.33. The van der Waals surface area contributed by atoms with Crippen LogP contribution in [0.2, 0.25) is 0 Å². The van der Waals surface area contributed by atoms with E-state index in [1.807, 2.05) is 0 Å². The summed E-state index contributed by atoms with van der Waals surface area (Å²) in [5.41, 5.74) is 0. The first kappa shape index (κ1) is 17.8. The quantitative estimate of drug-likeness (QED) is 0.191. The van der Waals surface area contributed by atoms with E-state index in [4.69, 9.17) is 4.74 Å². The van der Waals surface area contributed by atoms with Gasteiger partial charge in [-0.15, -0.1) is 0 Å². The third kappa shape index (κ3) is 12.7.